The lowest BCUT2D eigenvalue weighted by molar-refractivity contribution is -0.138. The summed E-state index contributed by atoms with van der Waals surface area (Å²) in [6.45, 7) is 4.84. The highest BCUT2D eigenvalue weighted by Gasteiger charge is 2.51. The number of amides is 2. The van der Waals surface area contributed by atoms with E-state index in [0.29, 0.717) is 19.5 Å². The van der Waals surface area contributed by atoms with Crippen LogP contribution in [0.5, 0.6) is 0 Å². The van der Waals surface area contributed by atoms with Crippen LogP contribution in [0.1, 0.15) is 33.1 Å². The molecule has 0 aromatic carbocycles. The van der Waals surface area contributed by atoms with Crippen molar-refractivity contribution in [2.45, 2.75) is 51.4 Å². The van der Waals surface area contributed by atoms with E-state index in [4.69, 9.17) is 21.0 Å². The van der Waals surface area contributed by atoms with Crippen molar-refractivity contribution in [1.82, 2.24) is 16.0 Å². The zero-order chi connectivity index (χ0) is 19.0. The normalized spacial score (nSPS) is 19.8. The zero-order valence-electron chi connectivity index (χ0n) is 14.5. The van der Waals surface area contributed by atoms with Gasteiger partial charge in [0.1, 0.15) is 6.04 Å². The molecule has 1 rings (SSSR count). The molecule has 1 aliphatic heterocycles. The molecule has 1 fully saturated rings. The maximum Gasteiger partial charge on any atom is 0.336 e. The molecule has 0 saturated carbocycles. The van der Waals surface area contributed by atoms with E-state index in [-0.39, 0.29) is 11.9 Å². The van der Waals surface area contributed by atoms with Crippen LogP contribution in [0.3, 0.4) is 0 Å². The van der Waals surface area contributed by atoms with Crippen LogP contribution in [0.4, 0.5) is 0 Å². The third-order valence-corrected chi connectivity index (χ3v) is 3.51. The number of carbonyl (C=O) groups excluding carboxylic acids is 2. The maximum absolute atomic E-state index is 12.3. The second kappa shape index (κ2) is 9.94. The first-order valence-electron chi connectivity index (χ1n) is 8.28. The number of nitrogens with one attached hydrogen (secondary N) is 4. The molecule has 0 aliphatic carbocycles. The number of rotatable bonds is 10. The smallest absolute Gasteiger partial charge is 0.336 e. The van der Waals surface area contributed by atoms with Gasteiger partial charge in [0.2, 0.25) is 5.91 Å². The number of ether oxygens (including phenoxy) is 1. The number of aliphatic carboxylic acids is 1. The molecule has 0 spiro atoms. The first kappa shape index (κ1) is 20.8. The van der Waals surface area contributed by atoms with Gasteiger partial charge in [0, 0.05) is 6.54 Å². The van der Waals surface area contributed by atoms with Gasteiger partial charge in [-0.1, -0.05) is 13.8 Å². The second-order valence-corrected chi connectivity index (χ2v) is 6.29. The third kappa shape index (κ3) is 7.48. The van der Waals surface area contributed by atoms with Crippen molar-refractivity contribution in [3.63, 3.8) is 0 Å². The minimum absolute atomic E-state index is 0.109. The van der Waals surface area contributed by atoms with E-state index in [1.54, 1.807) is 0 Å². The second-order valence-electron chi connectivity index (χ2n) is 6.29. The molecular weight excluding hydrogens is 330 g/mol. The zero-order valence-corrected chi connectivity index (χ0v) is 14.5. The molecule has 10 nitrogen and oxygen atoms in total. The van der Waals surface area contributed by atoms with Gasteiger partial charge in [-0.2, -0.15) is 0 Å². The van der Waals surface area contributed by atoms with Gasteiger partial charge in [0.25, 0.3) is 5.91 Å². The minimum atomic E-state index is -1.21. The summed E-state index contributed by atoms with van der Waals surface area (Å²) in [5, 5.41) is 24.1. The molecule has 1 aliphatic rings. The molecule has 0 radical (unpaired) electrons. The largest absolute Gasteiger partial charge is 0.479 e. The van der Waals surface area contributed by atoms with Gasteiger partial charge in [-0.3, -0.25) is 20.3 Å². The van der Waals surface area contributed by atoms with Gasteiger partial charge in [0.15, 0.2) is 18.2 Å². The molecule has 2 amide bonds. The minimum Gasteiger partial charge on any atom is -0.479 e. The summed E-state index contributed by atoms with van der Waals surface area (Å²) in [6, 6.07) is -0.877. The monoisotopic (exact) mass is 357 g/mol. The van der Waals surface area contributed by atoms with Crippen molar-refractivity contribution in [1.29, 1.82) is 5.41 Å². The van der Waals surface area contributed by atoms with Crippen LogP contribution in [0.2, 0.25) is 0 Å². The van der Waals surface area contributed by atoms with E-state index < -0.39 is 36.0 Å². The van der Waals surface area contributed by atoms with Crippen molar-refractivity contribution >= 4 is 23.7 Å². The van der Waals surface area contributed by atoms with E-state index in [1.807, 2.05) is 13.8 Å². The van der Waals surface area contributed by atoms with Crippen molar-refractivity contribution in [2.75, 3.05) is 13.1 Å². The van der Waals surface area contributed by atoms with Gasteiger partial charge in [0.05, 0.1) is 0 Å². The number of carbonyl (C=O) groups is 3. The Morgan fingerprint density at radius 1 is 1.24 bits per heavy atom. The first-order valence-corrected chi connectivity index (χ1v) is 8.28. The Balaban J connectivity index is 2.50. The summed E-state index contributed by atoms with van der Waals surface area (Å²) in [5.41, 5.74) is 5.38. The average molecular weight is 357 g/mol. The fourth-order valence-electron chi connectivity index (χ4n) is 2.19. The summed E-state index contributed by atoms with van der Waals surface area (Å²) in [6.07, 6.45) is -0.301. The Morgan fingerprint density at radius 3 is 2.44 bits per heavy atom. The molecule has 7 N–H and O–H groups in total. The van der Waals surface area contributed by atoms with E-state index in [9.17, 15) is 14.4 Å². The Labute approximate surface area is 146 Å². The lowest BCUT2D eigenvalue weighted by Crippen LogP contribution is -2.52. The van der Waals surface area contributed by atoms with Crippen LogP contribution in [0, 0.1) is 11.3 Å². The number of carboxylic acids is 1. The van der Waals surface area contributed by atoms with Gasteiger partial charge in [-0.05, 0) is 31.7 Å². The summed E-state index contributed by atoms with van der Waals surface area (Å²) in [7, 11) is 0. The standard InChI is InChI=1S/C15H27N5O5/c1-8(2)7-9(19-13(22)10-11(25-10)14(23)24)12(21)20-15(17)18-6-4-3-5-16/h8-11H,3-7,16H2,1-2H3,(H,19,22)(H,23,24)(H3,17,18,20,21)/t9-,10-,11-/m0/s1. The lowest BCUT2D eigenvalue weighted by Gasteiger charge is -2.20. The molecule has 0 aromatic heterocycles. The highest BCUT2D eigenvalue weighted by atomic mass is 16.6. The number of hydrogen-bond donors (Lipinski definition) is 6. The lowest BCUT2D eigenvalue weighted by atomic mass is 10.0. The molecule has 1 saturated heterocycles. The van der Waals surface area contributed by atoms with Gasteiger partial charge in [-0.25, -0.2) is 4.79 Å². The fourth-order valence-corrected chi connectivity index (χ4v) is 2.19. The topological polar surface area (TPSA) is 170 Å². The Kier molecular flexibility index (Phi) is 8.29. The van der Waals surface area contributed by atoms with Crippen molar-refractivity contribution in [2.24, 2.45) is 11.7 Å². The third-order valence-electron chi connectivity index (χ3n) is 3.51. The van der Waals surface area contributed by atoms with E-state index in [1.165, 1.54) is 0 Å². The van der Waals surface area contributed by atoms with Crippen molar-refractivity contribution < 1.29 is 24.2 Å². The number of guanidine groups is 1. The van der Waals surface area contributed by atoms with E-state index in [2.05, 4.69) is 16.0 Å². The van der Waals surface area contributed by atoms with Gasteiger partial charge >= 0.3 is 5.97 Å². The molecule has 0 unspecified atom stereocenters. The van der Waals surface area contributed by atoms with Crippen LogP contribution < -0.4 is 21.7 Å². The number of unbranched alkanes of at least 4 members (excludes halogenated alkanes) is 1. The van der Waals surface area contributed by atoms with Crippen molar-refractivity contribution in [3.8, 4) is 0 Å². The van der Waals surface area contributed by atoms with Crippen LogP contribution in [0.25, 0.3) is 0 Å². The molecule has 25 heavy (non-hydrogen) atoms. The fraction of sp³-hybridized carbons (Fsp3) is 0.733. The highest BCUT2D eigenvalue weighted by Crippen LogP contribution is 2.22. The SMILES string of the molecule is CC(C)C[C@H](NC(=O)[C@H]1O[C@@H]1C(=O)O)C(=O)NC(=N)NCCCCN. The predicted octanol–water partition coefficient (Wildman–Crippen LogP) is -1.25. The molecular formula is C15H27N5O5. The maximum atomic E-state index is 12.3. The summed E-state index contributed by atoms with van der Waals surface area (Å²) in [5.74, 6) is -2.44. The first-order chi connectivity index (χ1) is 11.8. The average Bonchev–Trinajstić information content (AvgIpc) is 3.31. The molecule has 0 aromatic rings. The highest BCUT2D eigenvalue weighted by molar-refractivity contribution is 6.00. The molecule has 142 valence electrons. The molecule has 3 atom stereocenters. The Bertz CT molecular complexity index is 511. The van der Waals surface area contributed by atoms with Gasteiger partial charge < -0.3 is 26.2 Å². The van der Waals surface area contributed by atoms with Crippen LogP contribution in [0.15, 0.2) is 0 Å². The number of hydrogen-bond acceptors (Lipinski definition) is 6. The van der Waals surface area contributed by atoms with Crippen LogP contribution >= 0.6 is 0 Å². The van der Waals surface area contributed by atoms with Crippen molar-refractivity contribution in [3.05, 3.63) is 0 Å². The van der Waals surface area contributed by atoms with E-state index in [0.717, 1.165) is 12.8 Å². The molecule has 10 heteroatoms. The summed E-state index contributed by atoms with van der Waals surface area (Å²) < 4.78 is 4.77. The van der Waals surface area contributed by atoms with Gasteiger partial charge in [-0.15, -0.1) is 0 Å². The summed E-state index contributed by atoms with van der Waals surface area (Å²) in [4.78, 5) is 35.0. The molecule has 0 bridgehead atoms. The predicted molar refractivity (Wildman–Crippen MR) is 89.8 cm³/mol. The summed E-state index contributed by atoms with van der Waals surface area (Å²) >= 11 is 0. The van der Waals surface area contributed by atoms with Crippen LogP contribution in [-0.4, -0.2) is 60.2 Å². The quantitative estimate of drug-likeness (QED) is 0.123. The number of carboxylic acid groups (broad SMARTS) is 1. The number of nitrogens with two attached hydrogens (primary N) is 1. The Morgan fingerprint density at radius 2 is 1.92 bits per heavy atom. The van der Waals surface area contributed by atoms with Crippen LogP contribution in [-0.2, 0) is 19.1 Å². The van der Waals surface area contributed by atoms with E-state index >= 15 is 0 Å². The Hall–Kier alpha value is -2.20. The molecule has 1 heterocycles. The number of epoxide rings is 1.